The van der Waals surface area contributed by atoms with Gasteiger partial charge in [0, 0.05) is 37.3 Å². The van der Waals surface area contributed by atoms with E-state index in [0.29, 0.717) is 25.2 Å². The highest BCUT2D eigenvalue weighted by Gasteiger charge is 2.39. The smallest absolute Gasteiger partial charge is 0.253 e. The lowest BCUT2D eigenvalue weighted by molar-refractivity contribution is -0.123. The van der Waals surface area contributed by atoms with Crippen molar-refractivity contribution in [3.8, 4) is 0 Å². The molecule has 1 heterocycles. The van der Waals surface area contributed by atoms with Gasteiger partial charge in [-0.1, -0.05) is 12.1 Å². The minimum atomic E-state index is 0.103. The van der Waals surface area contributed by atoms with E-state index in [1.807, 2.05) is 29.2 Å². The zero-order chi connectivity index (χ0) is 18.8. The molecule has 1 unspecified atom stereocenters. The van der Waals surface area contributed by atoms with Gasteiger partial charge in [0.15, 0.2) is 0 Å². The number of nitrogens with one attached hydrogen (secondary N) is 1. The van der Waals surface area contributed by atoms with Crippen molar-refractivity contribution in [1.82, 2.24) is 15.1 Å². The molecule has 5 nitrogen and oxygen atoms in total. The molecule has 1 aromatic rings. The highest BCUT2D eigenvalue weighted by Crippen LogP contribution is 2.39. The molecule has 27 heavy (non-hydrogen) atoms. The summed E-state index contributed by atoms with van der Waals surface area (Å²) in [5.74, 6) is 1.02. The number of carbonyl (C=O) groups is 2. The first-order valence-corrected chi connectivity index (χ1v) is 10.5. The van der Waals surface area contributed by atoms with Gasteiger partial charge in [-0.25, -0.2) is 0 Å². The number of nitrogens with zero attached hydrogens (tertiary/aromatic N) is 2. The zero-order valence-electron chi connectivity index (χ0n) is 16.3. The van der Waals surface area contributed by atoms with Crippen LogP contribution in [0.25, 0.3) is 0 Å². The molecule has 5 heteroatoms. The van der Waals surface area contributed by atoms with Crippen LogP contribution in [0.15, 0.2) is 24.3 Å². The van der Waals surface area contributed by atoms with Crippen molar-refractivity contribution in [2.45, 2.75) is 64.1 Å². The lowest BCUT2D eigenvalue weighted by Gasteiger charge is -2.28. The van der Waals surface area contributed by atoms with Crippen LogP contribution in [0.2, 0.25) is 0 Å². The van der Waals surface area contributed by atoms with E-state index in [9.17, 15) is 9.59 Å². The number of carbonyl (C=O) groups excluding carboxylic acids is 2. The lowest BCUT2D eigenvalue weighted by atomic mass is 10.1. The Kier molecular flexibility index (Phi) is 5.48. The Bertz CT molecular complexity index is 673. The van der Waals surface area contributed by atoms with Crippen LogP contribution in [-0.2, 0) is 11.3 Å². The fourth-order valence-electron chi connectivity index (χ4n) is 4.15. The molecule has 2 aliphatic carbocycles. The molecular weight excluding hydrogens is 338 g/mol. The topological polar surface area (TPSA) is 52.7 Å². The van der Waals surface area contributed by atoms with Gasteiger partial charge in [0.25, 0.3) is 5.91 Å². The van der Waals surface area contributed by atoms with Crippen molar-refractivity contribution in [1.29, 1.82) is 0 Å². The average Bonchev–Trinajstić information content (AvgIpc) is 3.62. The summed E-state index contributed by atoms with van der Waals surface area (Å²) in [6, 6.07) is 8.81. The molecule has 3 aliphatic rings. The van der Waals surface area contributed by atoms with Crippen molar-refractivity contribution in [2.75, 3.05) is 19.6 Å². The summed E-state index contributed by atoms with van der Waals surface area (Å²) >= 11 is 0. The second kappa shape index (κ2) is 8.01. The average molecular weight is 370 g/mol. The van der Waals surface area contributed by atoms with E-state index in [1.54, 1.807) is 0 Å². The highest BCUT2D eigenvalue weighted by molar-refractivity contribution is 5.94. The summed E-state index contributed by atoms with van der Waals surface area (Å²) in [7, 11) is 0. The predicted molar refractivity (Wildman–Crippen MR) is 105 cm³/mol. The van der Waals surface area contributed by atoms with E-state index in [-0.39, 0.29) is 11.8 Å². The van der Waals surface area contributed by atoms with Crippen LogP contribution in [0.1, 0.15) is 61.4 Å². The fraction of sp³-hybridized carbons (Fsp3) is 0.636. The van der Waals surface area contributed by atoms with E-state index < -0.39 is 0 Å². The maximum absolute atomic E-state index is 12.4. The quantitative estimate of drug-likeness (QED) is 0.767. The number of amides is 2. The first kappa shape index (κ1) is 18.5. The van der Waals surface area contributed by atoms with Crippen molar-refractivity contribution < 1.29 is 9.59 Å². The molecule has 2 amide bonds. The van der Waals surface area contributed by atoms with Crippen LogP contribution < -0.4 is 5.32 Å². The normalized spacial score (nSPS) is 20.7. The van der Waals surface area contributed by atoms with Gasteiger partial charge < -0.3 is 10.2 Å². The van der Waals surface area contributed by atoms with Crippen molar-refractivity contribution in [3.63, 3.8) is 0 Å². The summed E-state index contributed by atoms with van der Waals surface area (Å²) in [6.07, 6.45) is 7.30. The number of likely N-dealkylation sites (tertiary alicyclic amines) is 1. The zero-order valence-corrected chi connectivity index (χ0v) is 16.3. The van der Waals surface area contributed by atoms with E-state index in [2.05, 4.69) is 17.1 Å². The molecular formula is C22H31N3O2. The highest BCUT2D eigenvalue weighted by atomic mass is 16.2. The Hall–Kier alpha value is -1.88. The van der Waals surface area contributed by atoms with Gasteiger partial charge in [-0.05, 0) is 69.1 Å². The summed E-state index contributed by atoms with van der Waals surface area (Å²) in [5, 5.41) is 3.05. The molecule has 0 bridgehead atoms. The van der Waals surface area contributed by atoms with Crippen LogP contribution >= 0.6 is 0 Å². The van der Waals surface area contributed by atoms with Crippen LogP contribution in [0.3, 0.4) is 0 Å². The standard InChI is InChI=1S/C22H31N3O2/c1-16(18-8-9-18)25(20-10-11-20)15-21(26)23-14-17-4-6-19(7-5-17)22(27)24-12-2-3-13-24/h4-7,16,18,20H,2-3,8-15H2,1H3,(H,23,26). The number of benzene rings is 1. The molecule has 0 spiro atoms. The van der Waals surface area contributed by atoms with Gasteiger partial charge >= 0.3 is 0 Å². The first-order valence-electron chi connectivity index (χ1n) is 10.5. The molecule has 3 fully saturated rings. The maximum Gasteiger partial charge on any atom is 0.253 e. The molecule has 1 saturated heterocycles. The van der Waals surface area contributed by atoms with Gasteiger partial charge in [0.1, 0.15) is 0 Å². The van der Waals surface area contributed by atoms with Gasteiger partial charge in [0.2, 0.25) is 5.91 Å². The SMILES string of the molecule is CC(C1CC1)N(CC(=O)NCc1ccc(C(=O)N2CCCC2)cc1)C1CC1. The van der Waals surface area contributed by atoms with E-state index >= 15 is 0 Å². The first-order chi connectivity index (χ1) is 13.1. The van der Waals surface area contributed by atoms with Gasteiger partial charge in [-0.15, -0.1) is 0 Å². The third kappa shape index (κ3) is 4.70. The maximum atomic E-state index is 12.4. The third-order valence-electron chi connectivity index (χ3n) is 6.25. The Morgan fingerprint density at radius 1 is 1.11 bits per heavy atom. The summed E-state index contributed by atoms with van der Waals surface area (Å²) < 4.78 is 0. The van der Waals surface area contributed by atoms with Gasteiger partial charge in [0.05, 0.1) is 6.54 Å². The summed E-state index contributed by atoms with van der Waals surface area (Å²) in [6.45, 7) is 5.04. The van der Waals surface area contributed by atoms with Gasteiger partial charge in [-0.3, -0.25) is 14.5 Å². The molecule has 0 radical (unpaired) electrons. The van der Waals surface area contributed by atoms with E-state index in [0.717, 1.165) is 43.0 Å². The summed E-state index contributed by atoms with van der Waals surface area (Å²) in [5.41, 5.74) is 1.78. The molecule has 1 atom stereocenters. The number of hydrogen-bond donors (Lipinski definition) is 1. The van der Waals surface area contributed by atoms with E-state index in [4.69, 9.17) is 0 Å². The van der Waals surface area contributed by atoms with Crippen molar-refractivity contribution in [3.05, 3.63) is 35.4 Å². The molecule has 2 saturated carbocycles. The van der Waals surface area contributed by atoms with Crippen LogP contribution in [0.5, 0.6) is 0 Å². The Morgan fingerprint density at radius 2 is 1.78 bits per heavy atom. The molecule has 0 aromatic heterocycles. The van der Waals surface area contributed by atoms with E-state index in [1.165, 1.54) is 25.7 Å². The Morgan fingerprint density at radius 3 is 2.37 bits per heavy atom. The lowest BCUT2D eigenvalue weighted by Crippen LogP contribution is -2.43. The number of rotatable bonds is 8. The minimum Gasteiger partial charge on any atom is -0.351 e. The van der Waals surface area contributed by atoms with Crippen LogP contribution in [0, 0.1) is 5.92 Å². The third-order valence-corrected chi connectivity index (χ3v) is 6.25. The molecule has 1 aromatic carbocycles. The largest absolute Gasteiger partial charge is 0.351 e. The summed E-state index contributed by atoms with van der Waals surface area (Å²) in [4.78, 5) is 29.2. The molecule has 4 rings (SSSR count). The number of hydrogen-bond acceptors (Lipinski definition) is 3. The fourth-order valence-corrected chi connectivity index (χ4v) is 4.15. The molecule has 146 valence electrons. The minimum absolute atomic E-state index is 0.103. The second-order valence-corrected chi connectivity index (χ2v) is 8.45. The Balaban J connectivity index is 1.26. The monoisotopic (exact) mass is 369 g/mol. The van der Waals surface area contributed by atoms with Crippen molar-refractivity contribution in [2.24, 2.45) is 5.92 Å². The van der Waals surface area contributed by atoms with Crippen LogP contribution in [-0.4, -0.2) is 53.3 Å². The molecule has 1 aliphatic heterocycles. The second-order valence-electron chi connectivity index (χ2n) is 8.45. The van der Waals surface area contributed by atoms with Gasteiger partial charge in [-0.2, -0.15) is 0 Å². The van der Waals surface area contributed by atoms with Crippen LogP contribution in [0.4, 0.5) is 0 Å². The molecule has 1 N–H and O–H groups in total. The Labute approximate surface area is 162 Å². The van der Waals surface area contributed by atoms with Crippen molar-refractivity contribution >= 4 is 11.8 Å². The predicted octanol–water partition coefficient (Wildman–Crippen LogP) is 2.80.